The van der Waals surface area contributed by atoms with Gasteiger partial charge in [-0.1, -0.05) is 0 Å². The summed E-state index contributed by atoms with van der Waals surface area (Å²) < 4.78 is 13.6. The third kappa shape index (κ3) is 2.34. The van der Waals surface area contributed by atoms with Crippen molar-refractivity contribution in [2.24, 2.45) is 5.41 Å². The van der Waals surface area contributed by atoms with Crippen LogP contribution in [0.3, 0.4) is 0 Å². The standard InChI is InChI=1S/C13H13FN2O4/c1-15-11(19)13(4-5-13)12(20)16-9-6-7(10(17)18)2-3-8(9)14/h2-3,6H,4-5H2,1H3,(H,15,19)(H,16,20)(H,17,18). The Kier molecular flexibility index (Phi) is 3.44. The zero-order valence-corrected chi connectivity index (χ0v) is 10.7. The number of carboxylic acids is 1. The lowest BCUT2D eigenvalue weighted by molar-refractivity contribution is -0.134. The van der Waals surface area contributed by atoms with Gasteiger partial charge in [0, 0.05) is 7.05 Å². The highest BCUT2D eigenvalue weighted by Gasteiger charge is 2.56. The van der Waals surface area contributed by atoms with Crippen molar-refractivity contribution in [2.75, 3.05) is 12.4 Å². The van der Waals surface area contributed by atoms with E-state index in [1.165, 1.54) is 7.05 Å². The van der Waals surface area contributed by atoms with Crippen LogP contribution in [0.15, 0.2) is 18.2 Å². The van der Waals surface area contributed by atoms with E-state index in [0.29, 0.717) is 12.8 Å². The first kappa shape index (κ1) is 14.0. The van der Waals surface area contributed by atoms with Crippen LogP contribution in [0.25, 0.3) is 0 Å². The van der Waals surface area contributed by atoms with Gasteiger partial charge in [-0.25, -0.2) is 9.18 Å². The van der Waals surface area contributed by atoms with Crippen LogP contribution in [0.5, 0.6) is 0 Å². The molecule has 2 amide bonds. The first-order chi connectivity index (χ1) is 9.40. The quantitative estimate of drug-likeness (QED) is 0.717. The molecule has 0 atom stereocenters. The highest BCUT2D eigenvalue weighted by Crippen LogP contribution is 2.46. The van der Waals surface area contributed by atoms with Crippen molar-refractivity contribution < 1.29 is 23.9 Å². The molecule has 2 rings (SSSR count). The van der Waals surface area contributed by atoms with Gasteiger partial charge in [-0.3, -0.25) is 9.59 Å². The number of hydrogen-bond acceptors (Lipinski definition) is 3. The maximum Gasteiger partial charge on any atom is 0.335 e. The summed E-state index contributed by atoms with van der Waals surface area (Å²) in [5, 5.41) is 13.5. The number of benzene rings is 1. The molecule has 6 nitrogen and oxygen atoms in total. The second kappa shape index (κ2) is 4.92. The number of carbonyl (C=O) groups excluding carboxylic acids is 2. The Morgan fingerprint density at radius 3 is 2.40 bits per heavy atom. The SMILES string of the molecule is CNC(=O)C1(C(=O)Nc2cc(C(=O)O)ccc2F)CC1. The molecule has 1 aromatic rings. The molecular weight excluding hydrogens is 267 g/mol. The molecule has 1 aliphatic carbocycles. The predicted octanol–water partition coefficient (Wildman–Crippen LogP) is 0.989. The van der Waals surface area contributed by atoms with Crippen LogP contribution >= 0.6 is 0 Å². The largest absolute Gasteiger partial charge is 0.478 e. The molecule has 1 aromatic carbocycles. The van der Waals surface area contributed by atoms with E-state index in [1.807, 2.05) is 0 Å². The van der Waals surface area contributed by atoms with Gasteiger partial charge in [0.15, 0.2) is 0 Å². The summed E-state index contributed by atoms with van der Waals surface area (Å²) in [5.41, 5.74) is -1.56. The molecule has 1 saturated carbocycles. The number of anilines is 1. The molecule has 1 fully saturated rings. The minimum atomic E-state index is -1.23. The maximum atomic E-state index is 13.6. The number of amides is 2. The minimum absolute atomic E-state index is 0.147. The summed E-state index contributed by atoms with van der Waals surface area (Å²) in [5.74, 6) is -3.04. The van der Waals surface area contributed by atoms with Gasteiger partial charge < -0.3 is 15.7 Å². The zero-order chi connectivity index (χ0) is 14.9. The number of halogens is 1. The normalized spacial score (nSPS) is 15.3. The molecule has 0 aromatic heterocycles. The fraction of sp³-hybridized carbons (Fsp3) is 0.308. The Labute approximate surface area is 114 Å². The van der Waals surface area contributed by atoms with Crippen LogP contribution in [-0.2, 0) is 9.59 Å². The first-order valence-corrected chi connectivity index (χ1v) is 5.97. The smallest absolute Gasteiger partial charge is 0.335 e. The Balaban J connectivity index is 2.22. The molecule has 0 spiro atoms. The lowest BCUT2D eigenvalue weighted by atomic mass is 10.0. The molecule has 0 radical (unpaired) electrons. The number of aromatic carboxylic acids is 1. The van der Waals surface area contributed by atoms with Crippen molar-refractivity contribution in [1.82, 2.24) is 5.32 Å². The van der Waals surface area contributed by atoms with Crippen molar-refractivity contribution in [3.05, 3.63) is 29.6 Å². The molecular formula is C13H13FN2O4. The van der Waals surface area contributed by atoms with E-state index in [2.05, 4.69) is 10.6 Å². The van der Waals surface area contributed by atoms with E-state index >= 15 is 0 Å². The molecule has 0 heterocycles. The highest BCUT2D eigenvalue weighted by atomic mass is 19.1. The van der Waals surface area contributed by atoms with Gasteiger partial charge in [-0.15, -0.1) is 0 Å². The lowest BCUT2D eigenvalue weighted by Gasteiger charge is -2.14. The summed E-state index contributed by atoms with van der Waals surface area (Å²) in [7, 11) is 1.42. The molecule has 7 heteroatoms. The molecule has 3 N–H and O–H groups in total. The Morgan fingerprint density at radius 2 is 1.90 bits per heavy atom. The van der Waals surface area contributed by atoms with E-state index in [0.717, 1.165) is 18.2 Å². The summed E-state index contributed by atoms with van der Waals surface area (Å²) in [6.07, 6.45) is 0.775. The van der Waals surface area contributed by atoms with Crippen LogP contribution in [-0.4, -0.2) is 29.9 Å². The van der Waals surface area contributed by atoms with Crippen LogP contribution < -0.4 is 10.6 Å². The summed E-state index contributed by atoms with van der Waals surface area (Å²) in [6.45, 7) is 0. The second-order valence-electron chi connectivity index (χ2n) is 4.62. The van der Waals surface area contributed by atoms with Gasteiger partial charge in [0.2, 0.25) is 11.8 Å². The van der Waals surface area contributed by atoms with Gasteiger partial charge >= 0.3 is 5.97 Å². The van der Waals surface area contributed by atoms with Crippen molar-refractivity contribution >= 4 is 23.5 Å². The summed E-state index contributed by atoms with van der Waals surface area (Å²) in [4.78, 5) is 34.5. The molecule has 0 saturated heterocycles. The minimum Gasteiger partial charge on any atom is -0.478 e. The van der Waals surface area contributed by atoms with Crippen LogP contribution in [0.4, 0.5) is 10.1 Å². The molecule has 1 aliphatic rings. The predicted molar refractivity (Wildman–Crippen MR) is 67.7 cm³/mol. The Morgan fingerprint density at radius 1 is 1.25 bits per heavy atom. The van der Waals surface area contributed by atoms with E-state index < -0.39 is 29.0 Å². The van der Waals surface area contributed by atoms with E-state index in [1.54, 1.807) is 0 Å². The second-order valence-corrected chi connectivity index (χ2v) is 4.62. The van der Waals surface area contributed by atoms with Crippen molar-refractivity contribution in [2.45, 2.75) is 12.8 Å². The number of rotatable bonds is 4. The van der Waals surface area contributed by atoms with E-state index in [4.69, 9.17) is 5.11 Å². The van der Waals surface area contributed by atoms with Crippen molar-refractivity contribution in [3.8, 4) is 0 Å². The fourth-order valence-corrected chi connectivity index (χ4v) is 1.92. The van der Waals surface area contributed by atoms with Gasteiger partial charge in [-0.2, -0.15) is 0 Å². The van der Waals surface area contributed by atoms with Crippen LogP contribution in [0, 0.1) is 11.2 Å². The number of hydrogen-bond donors (Lipinski definition) is 3. The average molecular weight is 280 g/mol. The third-order valence-corrected chi connectivity index (χ3v) is 3.31. The third-order valence-electron chi connectivity index (χ3n) is 3.31. The number of carbonyl (C=O) groups is 3. The number of nitrogens with one attached hydrogen (secondary N) is 2. The van der Waals surface area contributed by atoms with Gasteiger partial charge in [-0.05, 0) is 31.0 Å². The number of carboxylic acid groups (broad SMARTS) is 1. The zero-order valence-electron chi connectivity index (χ0n) is 10.7. The molecule has 0 unspecified atom stereocenters. The fourth-order valence-electron chi connectivity index (χ4n) is 1.92. The summed E-state index contributed by atoms with van der Waals surface area (Å²) in [6, 6.07) is 3.08. The topological polar surface area (TPSA) is 95.5 Å². The van der Waals surface area contributed by atoms with E-state index in [-0.39, 0.29) is 11.3 Å². The average Bonchev–Trinajstić information content (AvgIpc) is 3.21. The Bertz CT molecular complexity index is 596. The lowest BCUT2D eigenvalue weighted by Crippen LogP contribution is -2.38. The molecule has 0 aliphatic heterocycles. The summed E-state index contributed by atoms with van der Waals surface area (Å²) >= 11 is 0. The van der Waals surface area contributed by atoms with Gasteiger partial charge in [0.1, 0.15) is 11.2 Å². The van der Waals surface area contributed by atoms with Crippen LogP contribution in [0.1, 0.15) is 23.2 Å². The molecule has 0 bridgehead atoms. The van der Waals surface area contributed by atoms with Crippen molar-refractivity contribution in [3.63, 3.8) is 0 Å². The maximum absolute atomic E-state index is 13.6. The van der Waals surface area contributed by atoms with Gasteiger partial charge in [0.25, 0.3) is 0 Å². The Hall–Kier alpha value is -2.44. The van der Waals surface area contributed by atoms with E-state index in [9.17, 15) is 18.8 Å². The monoisotopic (exact) mass is 280 g/mol. The highest BCUT2D eigenvalue weighted by molar-refractivity contribution is 6.13. The molecule has 20 heavy (non-hydrogen) atoms. The van der Waals surface area contributed by atoms with Gasteiger partial charge in [0.05, 0.1) is 11.3 Å². The van der Waals surface area contributed by atoms with Crippen LogP contribution in [0.2, 0.25) is 0 Å². The van der Waals surface area contributed by atoms with Crippen molar-refractivity contribution in [1.29, 1.82) is 0 Å². The first-order valence-electron chi connectivity index (χ1n) is 5.97. The molecule has 106 valence electrons.